The molecule has 1 fully saturated rings. The zero-order valence-corrected chi connectivity index (χ0v) is 11.1. The predicted octanol–water partition coefficient (Wildman–Crippen LogP) is 1.56. The first-order chi connectivity index (χ1) is 8.86. The summed E-state index contributed by atoms with van der Waals surface area (Å²) >= 11 is 5.32. The van der Waals surface area contributed by atoms with Gasteiger partial charge in [0, 0.05) is 18.7 Å². The first kappa shape index (κ1) is 12.9. The molecule has 0 bridgehead atoms. The highest BCUT2D eigenvalue weighted by molar-refractivity contribution is 7.80. The monoisotopic (exact) mass is 263 g/mol. The third-order valence-corrected chi connectivity index (χ3v) is 3.22. The second kappa shape index (κ2) is 7.00. The topological polar surface area (TPSA) is 53.4 Å². The summed E-state index contributed by atoms with van der Waals surface area (Å²) in [5.41, 5.74) is 3.81. The van der Waals surface area contributed by atoms with E-state index < -0.39 is 0 Å². The maximum atomic E-state index is 5.32. The standard InChI is InChI=1S/C12H17N5S/c18-12(17-7-3-1-2-4-8-17)16-15-10-11-5-6-13-14-9-11/h5-6,9-10H,1-4,7-8H2,(H,16,18)/b15-10+. The van der Waals surface area contributed by atoms with E-state index in [0.29, 0.717) is 5.11 Å². The van der Waals surface area contributed by atoms with E-state index in [-0.39, 0.29) is 0 Å². The molecule has 1 aromatic heterocycles. The molecule has 0 amide bonds. The highest BCUT2D eigenvalue weighted by atomic mass is 32.1. The highest BCUT2D eigenvalue weighted by Gasteiger charge is 2.11. The van der Waals surface area contributed by atoms with Crippen molar-refractivity contribution in [2.24, 2.45) is 5.10 Å². The maximum Gasteiger partial charge on any atom is 0.189 e. The van der Waals surface area contributed by atoms with Crippen LogP contribution in [0.3, 0.4) is 0 Å². The van der Waals surface area contributed by atoms with Gasteiger partial charge < -0.3 is 4.90 Å². The average Bonchev–Trinajstić information content (AvgIpc) is 2.69. The van der Waals surface area contributed by atoms with Gasteiger partial charge in [0.05, 0.1) is 18.6 Å². The molecule has 0 unspecified atom stereocenters. The smallest absolute Gasteiger partial charge is 0.189 e. The molecule has 5 nitrogen and oxygen atoms in total. The van der Waals surface area contributed by atoms with E-state index in [1.54, 1.807) is 18.6 Å². The molecule has 1 N–H and O–H groups in total. The number of thiocarbonyl (C=S) groups is 1. The van der Waals surface area contributed by atoms with E-state index in [1.807, 2.05) is 6.07 Å². The molecular formula is C12H17N5S. The Kier molecular flexibility index (Phi) is 5.01. The molecular weight excluding hydrogens is 246 g/mol. The van der Waals surface area contributed by atoms with Crippen LogP contribution in [-0.4, -0.2) is 39.5 Å². The van der Waals surface area contributed by atoms with Crippen LogP contribution in [0, 0.1) is 0 Å². The summed E-state index contributed by atoms with van der Waals surface area (Å²) in [7, 11) is 0. The first-order valence-corrected chi connectivity index (χ1v) is 6.62. The second-order valence-corrected chi connectivity index (χ2v) is 4.64. The van der Waals surface area contributed by atoms with Gasteiger partial charge in [-0.15, -0.1) is 0 Å². The van der Waals surface area contributed by atoms with Crippen LogP contribution < -0.4 is 5.43 Å². The van der Waals surface area contributed by atoms with Crippen LogP contribution in [0.15, 0.2) is 23.6 Å². The molecule has 0 radical (unpaired) electrons. The molecule has 2 heterocycles. The summed E-state index contributed by atoms with van der Waals surface area (Å²) in [5, 5.41) is 12.3. The van der Waals surface area contributed by atoms with Crippen LogP contribution >= 0.6 is 12.2 Å². The Morgan fingerprint density at radius 1 is 1.28 bits per heavy atom. The molecule has 0 atom stereocenters. The van der Waals surface area contributed by atoms with Gasteiger partial charge in [0.1, 0.15) is 0 Å². The Morgan fingerprint density at radius 3 is 2.72 bits per heavy atom. The Bertz CT molecular complexity index is 398. The van der Waals surface area contributed by atoms with Crippen LogP contribution in [0.25, 0.3) is 0 Å². The number of rotatable bonds is 2. The summed E-state index contributed by atoms with van der Waals surface area (Å²) in [6.07, 6.45) is 9.99. The Labute approximate surface area is 112 Å². The minimum Gasteiger partial charge on any atom is -0.348 e. The summed E-state index contributed by atoms with van der Waals surface area (Å²) < 4.78 is 0. The van der Waals surface area contributed by atoms with E-state index in [4.69, 9.17) is 12.2 Å². The van der Waals surface area contributed by atoms with Crippen molar-refractivity contribution in [1.82, 2.24) is 20.5 Å². The van der Waals surface area contributed by atoms with Crippen LogP contribution in [0.5, 0.6) is 0 Å². The lowest BCUT2D eigenvalue weighted by Gasteiger charge is -2.21. The largest absolute Gasteiger partial charge is 0.348 e. The van der Waals surface area contributed by atoms with Crippen molar-refractivity contribution >= 4 is 23.5 Å². The third-order valence-electron chi connectivity index (χ3n) is 2.87. The van der Waals surface area contributed by atoms with E-state index in [0.717, 1.165) is 18.7 Å². The summed E-state index contributed by atoms with van der Waals surface area (Å²) in [4.78, 5) is 2.18. The van der Waals surface area contributed by atoms with Crippen molar-refractivity contribution < 1.29 is 0 Å². The molecule has 0 spiro atoms. The van der Waals surface area contributed by atoms with Crippen molar-refractivity contribution in [2.75, 3.05) is 13.1 Å². The molecule has 18 heavy (non-hydrogen) atoms. The van der Waals surface area contributed by atoms with Gasteiger partial charge in [0.2, 0.25) is 0 Å². The van der Waals surface area contributed by atoms with Gasteiger partial charge in [-0.1, -0.05) is 12.8 Å². The molecule has 96 valence electrons. The van der Waals surface area contributed by atoms with Crippen molar-refractivity contribution in [2.45, 2.75) is 25.7 Å². The number of hydrogen-bond donors (Lipinski definition) is 1. The SMILES string of the molecule is S=C(N/N=C/c1ccnnc1)N1CCCCCC1. The minimum atomic E-state index is 0.704. The lowest BCUT2D eigenvalue weighted by Crippen LogP contribution is -2.38. The number of likely N-dealkylation sites (tertiary alicyclic amines) is 1. The number of hydrogen-bond acceptors (Lipinski definition) is 4. The zero-order valence-electron chi connectivity index (χ0n) is 10.2. The van der Waals surface area contributed by atoms with Gasteiger partial charge in [-0.3, -0.25) is 5.43 Å². The Balaban J connectivity index is 1.82. The number of aromatic nitrogens is 2. The zero-order chi connectivity index (χ0) is 12.6. The summed E-state index contributed by atoms with van der Waals surface area (Å²) in [6.45, 7) is 2.05. The molecule has 6 heteroatoms. The van der Waals surface area contributed by atoms with Gasteiger partial charge in [-0.25, -0.2) is 0 Å². The molecule has 2 rings (SSSR count). The molecule has 1 saturated heterocycles. The quantitative estimate of drug-likeness (QED) is 0.498. The van der Waals surface area contributed by atoms with E-state index in [1.165, 1.54) is 25.7 Å². The summed E-state index contributed by atoms with van der Waals surface area (Å²) in [6, 6.07) is 1.84. The van der Waals surface area contributed by atoms with Crippen LogP contribution in [0.2, 0.25) is 0 Å². The van der Waals surface area contributed by atoms with Crippen molar-refractivity contribution in [1.29, 1.82) is 0 Å². The molecule has 0 saturated carbocycles. The lowest BCUT2D eigenvalue weighted by atomic mass is 10.2. The van der Waals surface area contributed by atoms with Crippen LogP contribution in [0.1, 0.15) is 31.2 Å². The third kappa shape index (κ3) is 4.03. The highest BCUT2D eigenvalue weighted by Crippen LogP contribution is 2.09. The van der Waals surface area contributed by atoms with Gasteiger partial charge in [0.15, 0.2) is 5.11 Å². The first-order valence-electron chi connectivity index (χ1n) is 6.21. The Morgan fingerprint density at radius 2 is 2.06 bits per heavy atom. The normalized spacial score (nSPS) is 16.6. The molecule has 1 aromatic rings. The van der Waals surface area contributed by atoms with Crippen LogP contribution in [0.4, 0.5) is 0 Å². The van der Waals surface area contributed by atoms with Crippen molar-refractivity contribution in [3.05, 3.63) is 24.0 Å². The van der Waals surface area contributed by atoms with E-state index >= 15 is 0 Å². The second-order valence-electron chi connectivity index (χ2n) is 4.25. The number of nitrogens with one attached hydrogen (secondary N) is 1. The fourth-order valence-electron chi connectivity index (χ4n) is 1.88. The lowest BCUT2D eigenvalue weighted by molar-refractivity contribution is 0.428. The van der Waals surface area contributed by atoms with Gasteiger partial charge in [0.25, 0.3) is 0 Å². The molecule has 1 aliphatic heterocycles. The molecule has 0 aromatic carbocycles. The fraction of sp³-hybridized carbons (Fsp3) is 0.500. The van der Waals surface area contributed by atoms with E-state index in [2.05, 4.69) is 25.6 Å². The molecule has 1 aliphatic rings. The number of nitrogens with zero attached hydrogens (tertiary/aromatic N) is 4. The predicted molar refractivity (Wildman–Crippen MR) is 75.4 cm³/mol. The molecule has 0 aliphatic carbocycles. The number of hydrazone groups is 1. The van der Waals surface area contributed by atoms with E-state index in [9.17, 15) is 0 Å². The average molecular weight is 263 g/mol. The summed E-state index contributed by atoms with van der Waals surface area (Å²) in [5.74, 6) is 0. The van der Waals surface area contributed by atoms with Gasteiger partial charge in [-0.2, -0.15) is 15.3 Å². The van der Waals surface area contributed by atoms with Crippen LogP contribution in [-0.2, 0) is 0 Å². The van der Waals surface area contributed by atoms with Gasteiger partial charge >= 0.3 is 0 Å². The Hall–Kier alpha value is -1.56. The van der Waals surface area contributed by atoms with Crippen molar-refractivity contribution in [3.8, 4) is 0 Å². The minimum absolute atomic E-state index is 0.704. The maximum absolute atomic E-state index is 5.32. The van der Waals surface area contributed by atoms with Crippen molar-refractivity contribution in [3.63, 3.8) is 0 Å². The van der Waals surface area contributed by atoms with Gasteiger partial charge in [-0.05, 0) is 31.1 Å². The fourth-order valence-corrected chi connectivity index (χ4v) is 2.12.